The molecular weight excluding hydrogens is 533 g/mol. The summed E-state index contributed by atoms with van der Waals surface area (Å²) < 4.78 is 20.0. The van der Waals surface area contributed by atoms with Crippen LogP contribution in [-0.4, -0.2) is 48.0 Å². The molecule has 3 aromatic carbocycles. The number of aromatic nitrogens is 2. The van der Waals surface area contributed by atoms with Crippen molar-refractivity contribution in [2.75, 3.05) is 38.3 Å². The first-order chi connectivity index (χ1) is 18.9. The van der Waals surface area contributed by atoms with Crippen molar-refractivity contribution in [2.24, 2.45) is 0 Å². The average molecular weight is 562 g/mol. The third-order valence-electron chi connectivity index (χ3n) is 6.01. The Hall–Kier alpha value is -3.86. The lowest BCUT2D eigenvalue weighted by Crippen LogP contribution is -2.19. The minimum Gasteiger partial charge on any atom is -0.489 e. The number of benzene rings is 3. The molecule has 0 bridgehead atoms. The van der Waals surface area contributed by atoms with E-state index in [-0.39, 0.29) is 11.7 Å². The van der Waals surface area contributed by atoms with Crippen LogP contribution in [0.1, 0.15) is 15.9 Å². The number of hydrogen-bond donors (Lipinski definition) is 3. The lowest BCUT2D eigenvalue weighted by atomic mass is 10.1. The number of fused-ring (bicyclic) bond motifs is 1. The van der Waals surface area contributed by atoms with E-state index in [0.717, 1.165) is 16.0 Å². The highest BCUT2D eigenvalue weighted by Gasteiger charge is 2.13. The molecule has 5 aromatic rings. The molecule has 0 radical (unpaired) electrons. The van der Waals surface area contributed by atoms with Crippen LogP contribution in [0.4, 0.5) is 15.8 Å². The van der Waals surface area contributed by atoms with Crippen LogP contribution < -0.4 is 15.8 Å². The lowest BCUT2D eigenvalue weighted by Gasteiger charge is -2.11. The number of halogens is 1. The summed E-state index contributed by atoms with van der Waals surface area (Å²) in [5.74, 6) is 0.176. The quantitative estimate of drug-likeness (QED) is 0.133. The number of hydrogen-bond acceptors (Lipinski definition) is 7. The molecule has 0 aliphatic carbocycles. The van der Waals surface area contributed by atoms with Crippen LogP contribution in [0.5, 0.6) is 5.75 Å². The normalized spacial score (nSPS) is 11.3. The number of rotatable bonds is 10. The van der Waals surface area contributed by atoms with Crippen LogP contribution in [0.25, 0.3) is 21.5 Å². The Morgan fingerprint density at radius 3 is 2.72 bits per heavy atom. The third-order valence-corrected chi connectivity index (χ3v) is 7.87. The summed E-state index contributed by atoms with van der Waals surface area (Å²) >= 11 is 3.13. The van der Waals surface area contributed by atoms with E-state index in [1.807, 2.05) is 60.8 Å². The number of ether oxygens (including phenoxy) is 1. The molecule has 4 N–H and O–H groups in total. The molecule has 0 unspecified atom stereocenters. The van der Waals surface area contributed by atoms with Gasteiger partial charge in [0.2, 0.25) is 0 Å². The molecule has 200 valence electrons. The van der Waals surface area contributed by atoms with Gasteiger partial charge in [0.25, 0.3) is 5.91 Å². The number of nitrogens with zero attached hydrogens (tertiary/aromatic N) is 2. The first-order valence-electron chi connectivity index (χ1n) is 12.3. The number of thiophene rings is 1. The maximum absolute atomic E-state index is 14.4. The van der Waals surface area contributed by atoms with Crippen LogP contribution in [0.3, 0.4) is 0 Å². The molecule has 0 saturated heterocycles. The third kappa shape index (κ3) is 6.59. The standard InChI is InChI=1S/C29H28FN5O2S2/c1-35(2)11-12-37-26-16-25-24(15-21(26)30)33-29(34-25)39-17-18-5-7-19(8-6-18)28(36)32-23-14-20(9-10-22(23)31)27-4-3-13-38-27/h3-10,13-16H,11-12,17,31H2,1-2H3,(H,32,36)(H,33,34). The largest absolute Gasteiger partial charge is 0.489 e. The molecular formula is C29H28FN5O2S2. The highest BCUT2D eigenvalue weighted by Crippen LogP contribution is 2.31. The number of carbonyl (C=O) groups excluding carboxylic acids is 1. The molecule has 5 rings (SSSR count). The van der Waals surface area contributed by atoms with E-state index < -0.39 is 5.82 Å². The fourth-order valence-corrected chi connectivity index (χ4v) is 5.43. The molecule has 10 heteroatoms. The summed E-state index contributed by atoms with van der Waals surface area (Å²) in [6.07, 6.45) is 0. The monoisotopic (exact) mass is 561 g/mol. The van der Waals surface area contributed by atoms with E-state index in [1.54, 1.807) is 35.6 Å². The van der Waals surface area contributed by atoms with Crippen LogP contribution in [0.2, 0.25) is 0 Å². The SMILES string of the molecule is CN(C)CCOc1cc2[nH]c(SCc3ccc(C(=O)Nc4cc(-c5cccs5)ccc4N)cc3)nc2cc1F. The predicted octanol–water partition coefficient (Wildman–Crippen LogP) is 6.50. The van der Waals surface area contributed by atoms with Gasteiger partial charge in [-0.2, -0.15) is 0 Å². The second kappa shape index (κ2) is 11.9. The Balaban J connectivity index is 1.20. The fourth-order valence-electron chi connectivity index (χ4n) is 3.86. The number of nitrogens with two attached hydrogens (primary N) is 1. The fraction of sp³-hybridized carbons (Fsp3) is 0.172. The van der Waals surface area contributed by atoms with Crippen molar-refractivity contribution in [3.8, 4) is 16.2 Å². The minimum absolute atomic E-state index is 0.207. The predicted molar refractivity (Wildman–Crippen MR) is 158 cm³/mol. The number of carbonyl (C=O) groups is 1. The molecule has 0 atom stereocenters. The molecule has 2 aromatic heterocycles. The van der Waals surface area contributed by atoms with E-state index >= 15 is 0 Å². The maximum atomic E-state index is 14.4. The summed E-state index contributed by atoms with van der Waals surface area (Å²) in [5.41, 5.74) is 11.0. The van der Waals surface area contributed by atoms with Gasteiger partial charge in [-0.25, -0.2) is 9.37 Å². The second-order valence-corrected chi connectivity index (χ2v) is 11.1. The zero-order valence-corrected chi connectivity index (χ0v) is 23.2. The van der Waals surface area contributed by atoms with Crippen molar-refractivity contribution >= 4 is 51.4 Å². The maximum Gasteiger partial charge on any atom is 0.255 e. The number of likely N-dealkylation sites (N-methyl/N-ethyl adjacent to an activating group) is 1. The summed E-state index contributed by atoms with van der Waals surface area (Å²) in [6, 6.07) is 20.1. The number of H-pyrrole nitrogens is 1. The number of anilines is 2. The van der Waals surface area contributed by atoms with Crippen molar-refractivity contribution in [2.45, 2.75) is 10.9 Å². The van der Waals surface area contributed by atoms with Gasteiger partial charge in [0.05, 0.1) is 22.4 Å². The van der Waals surface area contributed by atoms with Crippen LogP contribution in [0.15, 0.2) is 77.3 Å². The van der Waals surface area contributed by atoms with Gasteiger partial charge in [-0.05, 0) is 60.9 Å². The first-order valence-corrected chi connectivity index (χ1v) is 14.2. The van der Waals surface area contributed by atoms with Crippen LogP contribution in [0, 0.1) is 5.82 Å². The number of nitrogen functional groups attached to an aromatic ring is 1. The van der Waals surface area contributed by atoms with Crippen molar-refractivity contribution in [3.05, 3.63) is 89.1 Å². The van der Waals surface area contributed by atoms with E-state index in [9.17, 15) is 9.18 Å². The minimum atomic E-state index is -0.432. The summed E-state index contributed by atoms with van der Waals surface area (Å²) in [4.78, 5) is 23.7. The smallest absolute Gasteiger partial charge is 0.255 e. The van der Waals surface area contributed by atoms with Gasteiger partial charge in [0.15, 0.2) is 16.7 Å². The number of imidazole rings is 1. The van der Waals surface area contributed by atoms with Gasteiger partial charge < -0.3 is 25.7 Å². The summed E-state index contributed by atoms with van der Waals surface area (Å²) in [7, 11) is 3.87. The zero-order valence-electron chi connectivity index (χ0n) is 21.5. The van der Waals surface area contributed by atoms with Crippen LogP contribution in [-0.2, 0) is 5.75 Å². The van der Waals surface area contributed by atoms with E-state index in [2.05, 4.69) is 15.3 Å². The number of aromatic amines is 1. The average Bonchev–Trinajstić information content (AvgIpc) is 3.59. The topological polar surface area (TPSA) is 96.3 Å². The van der Waals surface area contributed by atoms with Crippen molar-refractivity contribution in [1.82, 2.24) is 14.9 Å². The van der Waals surface area contributed by atoms with E-state index in [4.69, 9.17) is 10.5 Å². The van der Waals surface area contributed by atoms with Gasteiger partial charge >= 0.3 is 0 Å². The van der Waals surface area contributed by atoms with Crippen molar-refractivity contribution in [1.29, 1.82) is 0 Å². The summed E-state index contributed by atoms with van der Waals surface area (Å²) in [6.45, 7) is 1.09. The Bertz CT molecular complexity index is 1580. The highest BCUT2D eigenvalue weighted by molar-refractivity contribution is 7.98. The van der Waals surface area contributed by atoms with Gasteiger partial charge in [-0.15, -0.1) is 11.3 Å². The Morgan fingerprint density at radius 2 is 1.97 bits per heavy atom. The van der Waals surface area contributed by atoms with Crippen LogP contribution >= 0.6 is 23.1 Å². The molecule has 39 heavy (non-hydrogen) atoms. The van der Waals surface area contributed by atoms with Crippen molar-refractivity contribution in [3.63, 3.8) is 0 Å². The molecule has 0 saturated carbocycles. The molecule has 0 aliphatic rings. The first kappa shape index (κ1) is 26.7. The molecule has 0 spiro atoms. The Kier molecular flexibility index (Phi) is 8.16. The Labute approximate surface area is 234 Å². The second-order valence-electron chi connectivity index (χ2n) is 9.21. The van der Waals surface area contributed by atoms with Crippen molar-refractivity contribution < 1.29 is 13.9 Å². The zero-order chi connectivity index (χ0) is 27.4. The van der Waals surface area contributed by atoms with Gasteiger partial charge in [-0.3, -0.25) is 4.79 Å². The molecule has 2 heterocycles. The van der Waals surface area contributed by atoms with E-state index in [0.29, 0.717) is 52.0 Å². The number of thioether (sulfide) groups is 1. The summed E-state index contributed by atoms with van der Waals surface area (Å²) in [5, 5.41) is 5.62. The molecule has 7 nitrogen and oxygen atoms in total. The lowest BCUT2D eigenvalue weighted by molar-refractivity contribution is 0.102. The molecule has 0 fully saturated rings. The molecule has 0 aliphatic heterocycles. The van der Waals surface area contributed by atoms with E-state index in [1.165, 1.54) is 17.8 Å². The molecule has 1 amide bonds. The highest BCUT2D eigenvalue weighted by atomic mass is 32.2. The van der Waals surface area contributed by atoms with Gasteiger partial charge in [0.1, 0.15) is 6.61 Å². The number of nitrogens with one attached hydrogen (secondary N) is 2. The number of amides is 1. The van der Waals surface area contributed by atoms with Gasteiger partial charge in [0, 0.05) is 34.9 Å². The van der Waals surface area contributed by atoms with Gasteiger partial charge in [-0.1, -0.05) is 36.0 Å². The Morgan fingerprint density at radius 1 is 1.15 bits per heavy atom.